The van der Waals surface area contributed by atoms with Crippen LogP contribution in [-0.4, -0.2) is 37.2 Å². The Labute approximate surface area is 453 Å². The summed E-state index contributed by atoms with van der Waals surface area (Å²) in [5.74, 6) is -0.913. The summed E-state index contributed by atoms with van der Waals surface area (Å²) in [6.45, 7) is 6.53. The van der Waals surface area contributed by atoms with Gasteiger partial charge in [0.15, 0.2) is 6.10 Å². The molecule has 73 heavy (non-hydrogen) atoms. The van der Waals surface area contributed by atoms with Crippen LogP contribution >= 0.6 is 0 Å². The molecule has 422 valence electrons. The lowest BCUT2D eigenvalue weighted by Crippen LogP contribution is -2.30. The van der Waals surface area contributed by atoms with Crippen molar-refractivity contribution in [3.8, 4) is 0 Å². The lowest BCUT2D eigenvalue weighted by Gasteiger charge is -2.18. The van der Waals surface area contributed by atoms with E-state index < -0.39 is 6.10 Å². The van der Waals surface area contributed by atoms with Crippen LogP contribution in [0.5, 0.6) is 0 Å². The number of esters is 3. The van der Waals surface area contributed by atoms with Gasteiger partial charge < -0.3 is 14.2 Å². The third-order valence-corrected chi connectivity index (χ3v) is 13.7. The van der Waals surface area contributed by atoms with Crippen molar-refractivity contribution in [3.63, 3.8) is 0 Å². The van der Waals surface area contributed by atoms with Crippen molar-refractivity contribution < 1.29 is 28.6 Å². The Kier molecular flexibility index (Phi) is 58.7. The molecule has 6 heteroatoms. The topological polar surface area (TPSA) is 78.9 Å². The first kappa shape index (κ1) is 69.8. The lowest BCUT2D eigenvalue weighted by atomic mass is 10.0. The number of carbonyl (C=O) groups excluding carboxylic acids is 3. The van der Waals surface area contributed by atoms with Crippen molar-refractivity contribution in [3.05, 3.63) is 72.9 Å². The number of rotatable bonds is 57. The molecule has 0 saturated carbocycles. The van der Waals surface area contributed by atoms with Crippen LogP contribution in [0, 0.1) is 0 Å². The molecule has 0 bridgehead atoms. The van der Waals surface area contributed by atoms with E-state index >= 15 is 0 Å². The SMILES string of the molecule is CC/C=C\C/C=C\C/C=C\C/C=C\C/C=C\CCCCCC(=O)OC[C@H](COC(=O)CCCCCCC/C=C\CCCCCCCC)OC(=O)CCCCCCCCCCCCCCCCCCCCCCC. The predicted molar refractivity (Wildman–Crippen MR) is 316 cm³/mol. The fourth-order valence-electron chi connectivity index (χ4n) is 9.00. The van der Waals surface area contributed by atoms with Crippen LogP contribution in [0.25, 0.3) is 0 Å². The van der Waals surface area contributed by atoms with Crippen LogP contribution < -0.4 is 0 Å². The van der Waals surface area contributed by atoms with E-state index in [0.717, 1.165) is 103 Å². The van der Waals surface area contributed by atoms with E-state index in [0.29, 0.717) is 19.3 Å². The van der Waals surface area contributed by atoms with Gasteiger partial charge in [-0.1, -0.05) is 280 Å². The van der Waals surface area contributed by atoms with Gasteiger partial charge in [-0.3, -0.25) is 14.4 Å². The maximum atomic E-state index is 12.9. The molecular weight excluding hydrogens is 901 g/mol. The number of allylic oxidation sites excluding steroid dienone is 12. The van der Waals surface area contributed by atoms with Crippen LogP contribution in [0.3, 0.4) is 0 Å². The van der Waals surface area contributed by atoms with Gasteiger partial charge in [0.25, 0.3) is 0 Å². The van der Waals surface area contributed by atoms with Gasteiger partial charge in [0.2, 0.25) is 0 Å². The number of ether oxygens (including phenoxy) is 3. The van der Waals surface area contributed by atoms with Crippen molar-refractivity contribution in [2.45, 2.75) is 322 Å². The molecule has 0 unspecified atom stereocenters. The zero-order valence-electron chi connectivity index (χ0n) is 48.4. The minimum atomic E-state index is -0.792. The quantitative estimate of drug-likeness (QED) is 0.0261. The smallest absolute Gasteiger partial charge is 0.306 e. The van der Waals surface area contributed by atoms with Gasteiger partial charge in [-0.15, -0.1) is 0 Å². The Morgan fingerprint density at radius 1 is 0.288 bits per heavy atom. The maximum absolute atomic E-state index is 12.9. The van der Waals surface area contributed by atoms with Crippen LogP contribution in [0.1, 0.15) is 316 Å². The molecule has 0 aliphatic carbocycles. The van der Waals surface area contributed by atoms with Gasteiger partial charge in [0, 0.05) is 19.3 Å². The predicted octanol–water partition coefficient (Wildman–Crippen LogP) is 21.3. The van der Waals surface area contributed by atoms with E-state index in [4.69, 9.17) is 14.2 Å². The average molecular weight is 1020 g/mol. The largest absolute Gasteiger partial charge is 0.462 e. The average Bonchev–Trinajstić information content (AvgIpc) is 3.39. The van der Waals surface area contributed by atoms with E-state index in [2.05, 4.69) is 93.7 Å². The van der Waals surface area contributed by atoms with Crippen LogP contribution in [0.15, 0.2) is 72.9 Å². The minimum absolute atomic E-state index is 0.0878. The maximum Gasteiger partial charge on any atom is 0.306 e. The monoisotopic (exact) mass is 1020 g/mol. The fourth-order valence-corrected chi connectivity index (χ4v) is 9.00. The third kappa shape index (κ3) is 59.6. The molecule has 0 aliphatic rings. The highest BCUT2D eigenvalue weighted by molar-refractivity contribution is 5.71. The first-order chi connectivity index (χ1) is 36.0. The zero-order valence-corrected chi connectivity index (χ0v) is 48.4. The number of unbranched alkanes of at least 4 members (excludes halogenated alkanes) is 34. The highest BCUT2D eigenvalue weighted by Gasteiger charge is 2.19. The minimum Gasteiger partial charge on any atom is -0.462 e. The lowest BCUT2D eigenvalue weighted by molar-refractivity contribution is -0.167. The Hall–Kier alpha value is -3.15. The highest BCUT2D eigenvalue weighted by atomic mass is 16.6. The second-order valence-corrected chi connectivity index (χ2v) is 20.9. The van der Waals surface area contributed by atoms with E-state index in [1.165, 1.54) is 173 Å². The molecule has 0 aliphatic heterocycles. The van der Waals surface area contributed by atoms with Crippen molar-refractivity contribution >= 4 is 17.9 Å². The van der Waals surface area contributed by atoms with E-state index in [1.54, 1.807) is 0 Å². The number of hydrogen-bond acceptors (Lipinski definition) is 6. The molecule has 0 fully saturated rings. The second-order valence-electron chi connectivity index (χ2n) is 20.9. The van der Waals surface area contributed by atoms with Crippen molar-refractivity contribution in [1.82, 2.24) is 0 Å². The summed E-state index contributed by atoms with van der Waals surface area (Å²) in [6, 6.07) is 0. The van der Waals surface area contributed by atoms with Crippen molar-refractivity contribution in [2.24, 2.45) is 0 Å². The molecule has 0 aromatic rings. The molecule has 0 amide bonds. The summed E-state index contributed by atoms with van der Waals surface area (Å²) in [4.78, 5) is 38.3. The number of carbonyl (C=O) groups is 3. The second kappa shape index (κ2) is 61.4. The van der Waals surface area contributed by atoms with E-state index in [-0.39, 0.29) is 31.1 Å². The summed E-state index contributed by atoms with van der Waals surface area (Å²) in [6.07, 6.45) is 79.0. The van der Waals surface area contributed by atoms with E-state index in [9.17, 15) is 14.4 Å². The molecule has 0 spiro atoms. The first-order valence-electron chi connectivity index (χ1n) is 31.4. The summed E-state index contributed by atoms with van der Waals surface area (Å²) in [5.41, 5.74) is 0. The fraction of sp³-hybridized carbons (Fsp3) is 0.776. The number of hydrogen-bond donors (Lipinski definition) is 0. The zero-order chi connectivity index (χ0) is 52.9. The van der Waals surface area contributed by atoms with Crippen LogP contribution in [-0.2, 0) is 28.6 Å². The summed E-state index contributed by atoms with van der Waals surface area (Å²) >= 11 is 0. The molecule has 1 atom stereocenters. The van der Waals surface area contributed by atoms with Crippen LogP contribution in [0.2, 0.25) is 0 Å². The highest BCUT2D eigenvalue weighted by Crippen LogP contribution is 2.17. The van der Waals surface area contributed by atoms with Gasteiger partial charge in [0.1, 0.15) is 13.2 Å². The summed E-state index contributed by atoms with van der Waals surface area (Å²) in [5, 5.41) is 0. The molecule has 0 saturated heterocycles. The standard InChI is InChI=1S/C67H118O6/c1-4-7-10-13-16-19-22-25-28-30-32-33-35-37-40-43-46-49-52-55-58-61-67(70)73-64(62-71-65(68)59-56-53-50-47-44-41-38-27-24-21-18-15-12-9-6-3)63-72-66(69)60-57-54-51-48-45-42-39-36-34-31-29-26-23-20-17-14-11-8-5-2/h8,11,17,20,26-27,29,34,36,38,42,45,64H,4-7,9-10,12-16,18-19,21-25,28,30-33,35,37,39-41,43-44,46-63H2,1-3H3/b11-8-,20-17-,29-26-,36-34-,38-27-,45-42-/t64-/m0/s1. The van der Waals surface area contributed by atoms with Crippen molar-refractivity contribution in [1.29, 1.82) is 0 Å². The molecule has 6 nitrogen and oxygen atoms in total. The Morgan fingerprint density at radius 3 is 0.863 bits per heavy atom. The Morgan fingerprint density at radius 2 is 0.534 bits per heavy atom. The Bertz CT molecular complexity index is 1360. The molecule has 0 aromatic carbocycles. The van der Waals surface area contributed by atoms with Gasteiger partial charge in [0.05, 0.1) is 0 Å². The van der Waals surface area contributed by atoms with E-state index in [1.807, 2.05) is 0 Å². The summed E-state index contributed by atoms with van der Waals surface area (Å²) < 4.78 is 16.9. The Balaban J connectivity index is 4.40. The van der Waals surface area contributed by atoms with Gasteiger partial charge >= 0.3 is 17.9 Å². The molecule has 0 N–H and O–H groups in total. The summed E-state index contributed by atoms with van der Waals surface area (Å²) in [7, 11) is 0. The van der Waals surface area contributed by atoms with Gasteiger partial charge in [-0.2, -0.15) is 0 Å². The molecule has 0 radical (unpaired) electrons. The molecule has 0 heterocycles. The third-order valence-electron chi connectivity index (χ3n) is 13.7. The molecule has 0 aromatic heterocycles. The molecule has 0 rings (SSSR count). The molecular formula is C67H118O6. The van der Waals surface area contributed by atoms with Gasteiger partial charge in [-0.05, 0) is 89.9 Å². The van der Waals surface area contributed by atoms with Crippen LogP contribution in [0.4, 0.5) is 0 Å². The van der Waals surface area contributed by atoms with Gasteiger partial charge in [-0.25, -0.2) is 0 Å². The van der Waals surface area contributed by atoms with Crippen molar-refractivity contribution in [2.75, 3.05) is 13.2 Å². The first-order valence-corrected chi connectivity index (χ1v) is 31.4. The normalized spacial score (nSPS) is 12.5.